The molecule has 4 heteroatoms. The maximum Gasteiger partial charge on any atom is 0.329 e. The molecule has 0 aliphatic carbocycles. The second-order valence-electron chi connectivity index (χ2n) is 4.70. The number of carboxylic acid groups (broad SMARTS) is 1. The van der Waals surface area contributed by atoms with Crippen LogP contribution in [0.2, 0.25) is 0 Å². The predicted octanol–water partition coefficient (Wildman–Crippen LogP) is 4.28. The van der Waals surface area contributed by atoms with Crippen LogP contribution in [0.3, 0.4) is 0 Å². The molecular formula is C14H20BrNO2. The monoisotopic (exact) mass is 313 g/mol. The topological polar surface area (TPSA) is 49.3 Å². The number of anilines is 1. The van der Waals surface area contributed by atoms with Crippen molar-refractivity contribution in [1.82, 2.24) is 0 Å². The highest BCUT2D eigenvalue weighted by molar-refractivity contribution is 9.10. The van der Waals surface area contributed by atoms with Gasteiger partial charge in [-0.2, -0.15) is 0 Å². The summed E-state index contributed by atoms with van der Waals surface area (Å²) in [5.74, 6) is -0.811. The van der Waals surface area contributed by atoms with Gasteiger partial charge in [0.1, 0.15) is 5.54 Å². The van der Waals surface area contributed by atoms with Crippen LogP contribution in [-0.4, -0.2) is 16.6 Å². The Labute approximate surface area is 117 Å². The van der Waals surface area contributed by atoms with Crippen molar-refractivity contribution in [3.63, 3.8) is 0 Å². The van der Waals surface area contributed by atoms with Gasteiger partial charge in [-0.3, -0.25) is 0 Å². The van der Waals surface area contributed by atoms with Gasteiger partial charge in [-0.1, -0.05) is 38.3 Å². The van der Waals surface area contributed by atoms with E-state index in [2.05, 4.69) is 28.2 Å². The van der Waals surface area contributed by atoms with Gasteiger partial charge in [0.05, 0.1) is 0 Å². The van der Waals surface area contributed by atoms with Crippen molar-refractivity contribution in [2.24, 2.45) is 0 Å². The Morgan fingerprint density at radius 1 is 1.39 bits per heavy atom. The van der Waals surface area contributed by atoms with Crippen LogP contribution in [0.1, 0.15) is 39.5 Å². The van der Waals surface area contributed by atoms with Crippen LogP contribution >= 0.6 is 15.9 Å². The SMILES string of the molecule is CCCCCC(C)(Nc1ccccc1Br)C(=O)O. The number of rotatable bonds is 7. The molecule has 0 saturated carbocycles. The molecule has 1 rings (SSSR count). The van der Waals surface area contributed by atoms with Crippen LogP contribution in [0, 0.1) is 0 Å². The van der Waals surface area contributed by atoms with Gasteiger partial charge in [0.2, 0.25) is 0 Å². The summed E-state index contributed by atoms with van der Waals surface area (Å²) < 4.78 is 0.882. The van der Waals surface area contributed by atoms with E-state index < -0.39 is 11.5 Å². The highest BCUT2D eigenvalue weighted by Crippen LogP contribution is 2.27. The molecule has 0 aliphatic heterocycles. The fourth-order valence-electron chi connectivity index (χ4n) is 1.81. The van der Waals surface area contributed by atoms with Crippen LogP contribution in [0.15, 0.2) is 28.7 Å². The van der Waals surface area contributed by atoms with Crippen molar-refractivity contribution in [2.45, 2.75) is 45.1 Å². The zero-order valence-electron chi connectivity index (χ0n) is 10.9. The van der Waals surface area contributed by atoms with Crippen LogP contribution in [0.5, 0.6) is 0 Å². The van der Waals surface area contributed by atoms with E-state index >= 15 is 0 Å². The average Bonchev–Trinajstić information content (AvgIpc) is 2.32. The summed E-state index contributed by atoms with van der Waals surface area (Å²) in [6.45, 7) is 3.85. The third-order valence-corrected chi connectivity index (χ3v) is 3.73. The lowest BCUT2D eigenvalue weighted by molar-refractivity contribution is -0.142. The van der Waals surface area contributed by atoms with E-state index in [4.69, 9.17) is 0 Å². The molecule has 0 amide bonds. The maximum absolute atomic E-state index is 11.5. The minimum absolute atomic E-state index is 0.623. The molecular weight excluding hydrogens is 294 g/mol. The standard InChI is InChI=1S/C14H20BrNO2/c1-3-4-7-10-14(2,13(17)18)16-12-9-6-5-8-11(12)15/h5-6,8-9,16H,3-4,7,10H2,1-2H3,(H,17,18). The first-order valence-corrected chi connectivity index (χ1v) is 7.05. The van der Waals surface area contributed by atoms with Gasteiger partial charge in [0, 0.05) is 10.2 Å². The van der Waals surface area contributed by atoms with Crippen LogP contribution in [0.25, 0.3) is 0 Å². The molecule has 0 aromatic heterocycles. The van der Waals surface area contributed by atoms with E-state index in [0.717, 1.165) is 29.4 Å². The van der Waals surface area contributed by atoms with Crippen molar-refractivity contribution < 1.29 is 9.90 Å². The largest absolute Gasteiger partial charge is 0.480 e. The summed E-state index contributed by atoms with van der Waals surface area (Å²) in [7, 11) is 0. The molecule has 1 aromatic rings. The number of unbranched alkanes of at least 4 members (excludes halogenated alkanes) is 2. The lowest BCUT2D eigenvalue weighted by Gasteiger charge is -2.28. The first-order valence-electron chi connectivity index (χ1n) is 6.25. The van der Waals surface area contributed by atoms with Gasteiger partial charge < -0.3 is 10.4 Å². The zero-order valence-corrected chi connectivity index (χ0v) is 12.5. The summed E-state index contributed by atoms with van der Waals surface area (Å²) in [5, 5.41) is 12.5. The van der Waals surface area contributed by atoms with Crippen molar-refractivity contribution in [3.8, 4) is 0 Å². The van der Waals surface area contributed by atoms with E-state index in [-0.39, 0.29) is 0 Å². The third-order valence-electron chi connectivity index (χ3n) is 3.04. The molecule has 0 saturated heterocycles. The first-order chi connectivity index (χ1) is 8.49. The Morgan fingerprint density at radius 2 is 2.06 bits per heavy atom. The summed E-state index contributed by atoms with van der Waals surface area (Å²) >= 11 is 3.42. The fourth-order valence-corrected chi connectivity index (χ4v) is 2.20. The quantitative estimate of drug-likeness (QED) is 0.738. The molecule has 0 fully saturated rings. The molecule has 1 unspecified atom stereocenters. The smallest absolute Gasteiger partial charge is 0.329 e. The maximum atomic E-state index is 11.5. The van der Waals surface area contributed by atoms with Crippen LogP contribution < -0.4 is 5.32 Å². The Balaban J connectivity index is 2.79. The van der Waals surface area contributed by atoms with Crippen LogP contribution in [-0.2, 0) is 4.79 Å². The molecule has 0 radical (unpaired) electrons. The summed E-state index contributed by atoms with van der Waals surface area (Å²) in [5.41, 5.74) is -0.0992. The van der Waals surface area contributed by atoms with Crippen molar-refractivity contribution in [3.05, 3.63) is 28.7 Å². The molecule has 0 spiro atoms. The minimum atomic E-state index is -0.918. The molecule has 0 aliphatic rings. The molecule has 3 nitrogen and oxygen atoms in total. The van der Waals surface area contributed by atoms with E-state index in [1.807, 2.05) is 24.3 Å². The molecule has 18 heavy (non-hydrogen) atoms. The summed E-state index contributed by atoms with van der Waals surface area (Å²) in [6.07, 6.45) is 3.68. The number of hydrogen-bond acceptors (Lipinski definition) is 2. The number of para-hydroxylation sites is 1. The van der Waals surface area contributed by atoms with Crippen molar-refractivity contribution in [2.75, 3.05) is 5.32 Å². The second-order valence-corrected chi connectivity index (χ2v) is 5.55. The average molecular weight is 314 g/mol. The molecule has 0 heterocycles. The molecule has 100 valence electrons. The fraction of sp³-hybridized carbons (Fsp3) is 0.500. The Morgan fingerprint density at radius 3 is 2.61 bits per heavy atom. The number of carbonyl (C=O) groups is 1. The Hall–Kier alpha value is -1.03. The predicted molar refractivity (Wildman–Crippen MR) is 77.9 cm³/mol. The van der Waals surface area contributed by atoms with Gasteiger partial charge in [-0.05, 0) is 41.4 Å². The van der Waals surface area contributed by atoms with E-state index in [9.17, 15) is 9.90 Å². The van der Waals surface area contributed by atoms with E-state index in [1.165, 1.54) is 0 Å². The van der Waals surface area contributed by atoms with Crippen molar-refractivity contribution >= 4 is 27.6 Å². The van der Waals surface area contributed by atoms with Gasteiger partial charge in [-0.25, -0.2) is 4.79 Å². The minimum Gasteiger partial charge on any atom is -0.480 e. The van der Waals surface area contributed by atoms with Crippen molar-refractivity contribution in [1.29, 1.82) is 0 Å². The van der Waals surface area contributed by atoms with Crippen LogP contribution in [0.4, 0.5) is 5.69 Å². The highest BCUT2D eigenvalue weighted by Gasteiger charge is 2.32. The molecule has 1 atom stereocenters. The van der Waals surface area contributed by atoms with E-state index in [1.54, 1.807) is 6.92 Å². The number of hydrogen-bond donors (Lipinski definition) is 2. The second kappa shape index (κ2) is 6.78. The van der Waals surface area contributed by atoms with Gasteiger partial charge >= 0.3 is 5.97 Å². The van der Waals surface area contributed by atoms with Gasteiger partial charge in [0.25, 0.3) is 0 Å². The normalized spacial score (nSPS) is 13.9. The third kappa shape index (κ3) is 4.02. The zero-order chi connectivity index (χ0) is 13.6. The van der Waals surface area contributed by atoms with E-state index in [0.29, 0.717) is 6.42 Å². The Kier molecular flexibility index (Phi) is 5.66. The lowest BCUT2D eigenvalue weighted by atomic mass is 9.94. The number of carboxylic acids is 1. The van der Waals surface area contributed by atoms with Gasteiger partial charge in [-0.15, -0.1) is 0 Å². The Bertz CT molecular complexity index is 409. The number of nitrogens with one attached hydrogen (secondary N) is 1. The molecule has 0 bridgehead atoms. The molecule has 2 N–H and O–H groups in total. The molecule has 1 aromatic carbocycles. The lowest BCUT2D eigenvalue weighted by Crippen LogP contribution is -2.43. The highest BCUT2D eigenvalue weighted by atomic mass is 79.9. The number of benzene rings is 1. The summed E-state index contributed by atoms with van der Waals surface area (Å²) in [4.78, 5) is 11.5. The number of halogens is 1. The first kappa shape index (κ1) is 15.0. The van der Waals surface area contributed by atoms with Gasteiger partial charge in [0.15, 0.2) is 0 Å². The summed E-state index contributed by atoms with van der Waals surface area (Å²) in [6, 6.07) is 7.58. The number of aliphatic carboxylic acids is 1.